The third-order valence-corrected chi connectivity index (χ3v) is 5.75. The molecule has 3 aromatic carbocycles. The Labute approximate surface area is 206 Å². The molecule has 0 unspecified atom stereocenters. The van der Waals surface area contributed by atoms with E-state index in [0.29, 0.717) is 11.3 Å². The second-order valence-corrected chi connectivity index (χ2v) is 8.11. The van der Waals surface area contributed by atoms with Crippen LogP contribution in [0.2, 0.25) is 0 Å². The Kier molecular flexibility index (Phi) is 8.21. The predicted octanol–water partition coefficient (Wildman–Crippen LogP) is 6.39. The first-order chi connectivity index (χ1) is 16.8. The number of carbonyl (C=O) groups excluding carboxylic acids is 1. The van der Waals surface area contributed by atoms with E-state index >= 15 is 0 Å². The smallest absolute Gasteiger partial charge is 0.293 e. The predicted molar refractivity (Wildman–Crippen MR) is 145 cm³/mol. The van der Waals surface area contributed by atoms with E-state index in [4.69, 9.17) is 0 Å². The average molecular weight is 469 g/mol. The van der Waals surface area contributed by atoms with Crippen LogP contribution in [0.15, 0.2) is 77.7 Å². The number of hydrogen-bond donors (Lipinski definition) is 2. The van der Waals surface area contributed by atoms with Gasteiger partial charge in [0.25, 0.3) is 11.5 Å². The molecule has 0 aliphatic rings. The van der Waals surface area contributed by atoms with E-state index in [1.165, 1.54) is 4.57 Å². The van der Waals surface area contributed by atoms with Gasteiger partial charge in [0.15, 0.2) is 5.82 Å². The quantitative estimate of drug-likeness (QED) is 0.356. The Balaban J connectivity index is 0.00000167. The fourth-order valence-electron chi connectivity index (χ4n) is 3.60. The normalized spacial score (nSPS) is 10.2. The first kappa shape index (κ1) is 25.4. The van der Waals surface area contributed by atoms with Crippen LogP contribution in [0.4, 0.5) is 17.2 Å². The molecule has 4 rings (SSSR count). The van der Waals surface area contributed by atoms with Crippen molar-refractivity contribution >= 4 is 23.1 Å². The van der Waals surface area contributed by atoms with Gasteiger partial charge in [-0.05, 0) is 67.8 Å². The van der Waals surface area contributed by atoms with E-state index in [2.05, 4.69) is 28.6 Å². The molecular weight excluding hydrogens is 436 g/mol. The highest BCUT2D eigenvalue weighted by atomic mass is 16.1. The summed E-state index contributed by atoms with van der Waals surface area (Å²) in [5.74, 6) is 0.0369. The van der Waals surface area contributed by atoms with Crippen LogP contribution in [0, 0.1) is 20.8 Å². The number of hydrogen-bond acceptors (Lipinski definition) is 4. The van der Waals surface area contributed by atoms with Gasteiger partial charge in [0.1, 0.15) is 0 Å². The van der Waals surface area contributed by atoms with Gasteiger partial charge >= 0.3 is 0 Å². The second-order valence-electron chi connectivity index (χ2n) is 8.11. The summed E-state index contributed by atoms with van der Waals surface area (Å²) in [7, 11) is 1.71. The Morgan fingerprint density at radius 1 is 0.857 bits per heavy atom. The first-order valence-corrected chi connectivity index (χ1v) is 11.7. The highest BCUT2D eigenvalue weighted by Gasteiger charge is 2.12. The Hall–Kier alpha value is -4.19. The number of nitrogens with one attached hydrogen (secondary N) is 2. The molecule has 4 aromatic rings. The molecule has 0 saturated heterocycles. The molecule has 0 spiro atoms. The Morgan fingerprint density at radius 2 is 1.51 bits per heavy atom. The molecule has 6 nitrogen and oxygen atoms in total. The lowest BCUT2D eigenvalue weighted by Crippen LogP contribution is -2.21. The van der Waals surface area contributed by atoms with E-state index in [1.807, 2.05) is 64.1 Å². The SMILES string of the molecule is CC.Cc1ccccc1NC(=O)c1ccc(Nc2nc(-c3cccc(C)c3C)cn(C)c2=O)cc1. The topological polar surface area (TPSA) is 76.0 Å². The van der Waals surface area contributed by atoms with Gasteiger partial charge in [-0.2, -0.15) is 0 Å². The maximum atomic E-state index is 12.7. The molecule has 0 aliphatic heterocycles. The maximum absolute atomic E-state index is 12.7. The van der Waals surface area contributed by atoms with Crippen molar-refractivity contribution in [1.29, 1.82) is 0 Å². The summed E-state index contributed by atoms with van der Waals surface area (Å²) in [5, 5.41) is 6.03. The Morgan fingerprint density at radius 3 is 2.20 bits per heavy atom. The van der Waals surface area contributed by atoms with Crippen LogP contribution >= 0.6 is 0 Å². The van der Waals surface area contributed by atoms with Crippen molar-refractivity contribution in [3.8, 4) is 11.3 Å². The average Bonchev–Trinajstić information content (AvgIpc) is 2.86. The van der Waals surface area contributed by atoms with Crippen molar-refractivity contribution in [2.24, 2.45) is 7.05 Å². The molecular formula is C29H32N4O2. The van der Waals surface area contributed by atoms with Crippen molar-refractivity contribution in [3.63, 3.8) is 0 Å². The van der Waals surface area contributed by atoms with Gasteiger partial charge in [0.05, 0.1) is 5.69 Å². The molecule has 2 N–H and O–H groups in total. The lowest BCUT2D eigenvalue weighted by Gasteiger charge is -2.13. The number of amides is 1. The number of benzene rings is 3. The molecule has 1 amide bonds. The van der Waals surface area contributed by atoms with Crippen LogP contribution in [-0.2, 0) is 7.05 Å². The summed E-state index contributed by atoms with van der Waals surface area (Å²) in [6.45, 7) is 10.0. The molecule has 0 saturated carbocycles. The first-order valence-electron chi connectivity index (χ1n) is 11.7. The molecule has 180 valence electrons. The number of nitrogens with zero attached hydrogens (tertiary/aromatic N) is 2. The van der Waals surface area contributed by atoms with Crippen molar-refractivity contribution in [2.75, 3.05) is 10.6 Å². The van der Waals surface area contributed by atoms with Gasteiger partial charge in [-0.3, -0.25) is 9.59 Å². The minimum absolute atomic E-state index is 0.193. The van der Waals surface area contributed by atoms with Crippen molar-refractivity contribution < 1.29 is 4.79 Å². The van der Waals surface area contributed by atoms with Crippen LogP contribution in [0.5, 0.6) is 0 Å². The maximum Gasteiger partial charge on any atom is 0.293 e. The van der Waals surface area contributed by atoms with Gasteiger partial charge in [-0.25, -0.2) is 4.98 Å². The van der Waals surface area contributed by atoms with Crippen molar-refractivity contribution in [3.05, 3.63) is 106 Å². The highest BCUT2D eigenvalue weighted by Crippen LogP contribution is 2.24. The van der Waals surface area contributed by atoms with Gasteiger partial charge in [-0.15, -0.1) is 0 Å². The number of rotatable bonds is 5. The van der Waals surface area contributed by atoms with Crippen molar-refractivity contribution in [2.45, 2.75) is 34.6 Å². The van der Waals surface area contributed by atoms with E-state index < -0.39 is 0 Å². The molecule has 1 aromatic heterocycles. The summed E-state index contributed by atoms with van der Waals surface area (Å²) in [4.78, 5) is 29.9. The fourth-order valence-corrected chi connectivity index (χ4v) is 3.60. The fraction of sp³-hybridized carbons (Fsp3) is 0.207. The van der Waals surface area contributed by atoms with Gasteiger partial charge in [-0.1, -0.05) is 50.2 Å². The number of para-hydroxylation sites is 1. The highest BCUT2D eigenvalue weighted by molar-refractivity contribution is 6.04. The second kappa shape index (κ2) is 11.3. The molecule has 0 bridgehead atoms. The number of aromatic nitrogens is 2. The molecule has 1 heterocycles. The number of carbonyl (C=O) groups is 1. The third kappa shape index (κ3) is 5.84. The summed E-state index contributed by atoms with van der Waals surface area (Å²) in [6, 6.07) is 20.6. The zero-order chi connectivity index (χ0) is 25.5. The summed E-state index contributed by atoms with van der Waals surface area (Å²) >= 11 is 0. The summed E-state index contributed by atoms with van der Waals surface area (Å²) < 4.78 is 1.52. The van der Waals surface area contributed by atoms with Gasteiger partial charge in [0, 0.05) is 35.7 Å². The minimum Gasteiger partial charge on any atom is -0.336 e. The largest absolute Gasteiger partial charge is 0.336 e. The van der Waals surface area contributed by atoms with Crippen LogP contribution in [0.1, 0.15) is 40.9 Å². The van der Waals surface area contributed by atoms with E-state index in [1.54, 1.807) is 37.5 Å². The zero-order valence-electron chi connectivity index (χ0n) is 21.1. The standard InChI is InChI=1S/C27H26N4O2.C2H6/c1-17-9-7-10-22(19(17)3)24-16-31(4)27(33)25(29-24)28-21-14-12-20(13-15-21)26(32)30-23-11-6-5-8-18(23)2;1-2/h5-16H,1-4H3,(H,28,29)(H,30,32);1-2H3. The lowest BCUT2D eigenvalue weighted by atomic mass is 10.0. The van der Waals surface area contributed by atoms with E-state index in [-0.39, 0.29) is 17.3 Å². The number of anilines is 3. The van der Waals surface area contributed by atoms with Gasteiger partial charge in [0.2, 0.25) is 0 Å². The molecule has 6 heteroatoms. The van der Waals surface area contributed by atoms with E-state index in [0.717, 1.165) is 33.6 Å². The van der Waals surface area contributed by atoms with Crippen LogP contribution < -0.4 is 16.2 Å². The molecule has 35 heavy (non-hydrogen) atoms. The molecule has 0 aliphatic carbocycles. The minimum atomic E-state index is -0.231. The van der Waals surface area contributed by atoms with Gasteiger partial charge < -0.3 is 15.2 Å². The lowest BCUT2D eigenvalue weighted by molar-refractivity contribution is 0.102. The third-order valence-electron chi connectivity index (χ3n) is 5.75. The number of aryl methyl sites for hydroxylation is 3. The van der Waals surface area contributed by atoms with Crippen LogP contribution in [0.3, 0.4) is 0 Å². The molecule has 0 fully saturated rings. The van der Waals surface area contributed by atoms with E-state index in [9.17, 15) is 9.59 Å². The van der Waals surface area contributed by atoms with Crippen LogP contribution in [0.25, 0.3) is 11.3 Å². The summed E-state index contributed by atoms with van der Waals surface area (Å²) in [6.07, 6.45) is 1.74. The Bertz CT molecular complexity index is 1390. The van der Waals surface area contributed by atoms with Crippen LogP contribution in [-0.4, -0.2) is 15.5 Å². The molecule has 0 atom stereocenters. The van der Waals surface area contributed by atoms with Crippen molar-refractivity contribution in [1.82, 2.24) is 9.55 Å². The zero-order valence-corrected chi connectivity index (χ0v) is 21.1. The summed E-state index contributed by atoms with van der Waals surface area (Å²) in [5.41, 5.74) is 6.72. The monoisotopic (exact) mass is 468 g/mol. The molecule has 0 radical (unpaired) electrons.